The molecule has 0 bridgehead atoms. The van der Waals surface area contributed by atoms with Crippen LogP contribution in [0.15, 0.2) is 91.0 Å². The van der Waals surface area contributed by atoms with E-state index in [9.17, 15) is 14.7 Å². The number of hydrogen-bond donors (Lipinski definition) is 2. The van der Waals surface area contributed by atoms with E-state index in [2.05, 4.69) is 12.2 Å². The summed E-state index contributed by atoms with van der Waals surface area (Å²) in [7, 11) is 0. The van der Waals surface area contributed by atoms with Gasteiger partial charge >= 0.3 is 5.97 Å². The summed E-state index contributed by atoms with van der Waals surface area (Å²) >= 11 is 0. The minimum atomic E-state index is -0.947. The van der Waals surface area contributed by atoms with Gasteiger partial charge in [0.2, 0.25) is 5.91 Å². The van der Waals surface area contributed by atoms with Gasteiger partial charge in [0.1, 0.15) is 12.1 Å². The molecule has 0 saturated carbocycles. The summed E-state index contributed by atoms with van der Waals surface area (Å²) in [6, 6.07) is 27.1. The lowest BCUT2D eigenvalue weighted by Crippen LogP contribution is -2.49. The molecule has 0 aliphatic carbocycles. The number of aliphatic carboxylic acids is 1. The predicted molar refractivity (Wildman–Crippen MR) is 131 cm³/mol. The second kappa shape index (κ2) is 12.6. The maximum atomic E-state index is 13.5. The smallest absolute Gasteiger partial charge is 0.321 e. The standard InChI is InChI=1S/C28H32N2O3/c1-2-3-19-29-27(31)26(24-17-11-6-12-18-24)30(21-23-15-9-5-10-16-23)25(28(32)33)20-22-13-7-4-8-14-22/h4-18,25-26H,2-3,19-21H2,1H3,(H,29,31)(H,32,33). The molecule has 0 radical (unpaired) electrons. The van der Waals surface area contributed by atoms with Gasteiger partial charge in [-0.05, 0) is 29.5 Å². The molecule has 3 rings (SSSR count). The predicted octanol–water partition coefficient (Wildman–Crippen LogP) is 4.84. The molecule has 2 atom stereocenters. The van der Waals surface area contributed by atoms with E-state index in [1.165, 1.54) is 0 Å². The SMILES string of the molecule is CCCCNC(=O)C(c1ccccc1)N(Cc1ccccc1)C(Cc1ccccc1)C(=O)O. The fourth-order valence-electron chi connectivity index (χ4n) is 3.97. The lowest BCUT2D eigenvalue weighted by atomic mass is 9.97. The van der Waals surface area contributed by atoms with Gasteiger partial charge in [0, 0.05) is 13.1 Å². The number of carbonyl (C=O) groups is 2. The van der Waals surface area contributed by atoms with Crippen molar-refractivity contribution in [2.75, 3.05) is 6.54 Å². The first-order valence-corrected chi connectivity index (χ1v) is 11.5. The highest BCUT2D eigenvalue weighted by Crippen LogP contribution is 2.28. The van der Waals surface area contributed by atoms with E-state index < -0.39 is 18.1 Å². The molecule has 5 nitrogen and oxygen atoms in total. The number of nitrogens with zero attached hydrogens (tertiary/aromatic N) is 1. The number of nitrogens with one attached hydrogen (secondary N) is 1. The summed E-state index contributed by atoms with van der Waals surface area (Å²) in [5.74, 6) is -1.12. The van der Waals surface area contributed by atoms with Crippen molar-refractivity contribution in [1.82, 2.24) is 10.2 Å². The number of hydrogen-bond acceptors (Lipinski definition) is 3. The summed E-state index contributed by atoms with van der Waals surface area (Å²) in [5, 5.41) is 13.3. The molecule has 172 valence electrons. The Morgan fingerprint density at radius 2 is 1.39 bits per heavy atom. The van der Waals surface area contributed by atoms with Crippen LogP contribution in [0.2, 0.25) is 0 Å². The van der Waals surface area contributed by atoms with E-state index in [1.807, 2.05) is 95.9 Å². The Hall–Kier alpha value is -3.44. The quantitative estimate of drug-likeness (QED) is 0.392. The first kappa shape index (κ1) is 24.2. The van der Waals surface area contributed by atoms with Crippen molar-refractivity contribution < 1.29 is 14.7 Å². The molecule has 0 aromatic heterocycles. The highest BCUT2D eigenvalue weighted by atomic mass is 16.4. The van der Waals surface area contributed by atoms with Crippen LogP contribution in [0.3, 0.4) is 0 Å². The number of carboxylic acids is 1. The van der Waals surface area contributed by atoms with Gasteiger partial charge in [0.05, 0.1) is 0 Å². The van der Waals surface area contributed by atoms with Crippen LogP contribution in [0.1, 0.15) is 42.5 Å². The summed E-state index contributed by atoms with van der Waals surface area (Å²) < 4.78 is 0. The number of carboxylic acid groups (broad SMARTS) is 1. The molecule has 0 heterocycles. The third-order valence-electron chi connectivity index (χ3n) is 5.69. The number of amides is 1. The Morgan fingerprint density at radius 3 is 1.94 bits per heavy atom. The molecule has 2 unspecified atom stereocenters. The average molecular weight is 445 g/mol. The van der Waals surface area contributed by atoms with Gasteiger partial charge in [0.25, 0.3) is 0 Å². The van der Waals surface area contributed by atoms with E-state index in [1.54, 1.807) is 0 Å². The van der Waals surface area contributed by atoms with Crippen LogP contribution in [0.25, 0.3) is 0 Å². The van der Waals surface area contributed by atoms with Crippen molar-refractivity contribution in [3.63, 3.8) is 0 Å². The van der Waals surface area contributed by atoms with Gasteiger partial charge in [-0.25, -0.2) is 0 Å². The average Bonchev–Trinajstić information content (AvgIpc) is 2.84. The molecular formula is C28H32N2O3. The first-order valence-electron chi connectivity index (χ1n) is 11.5. The van der Waals surface area contributed by atoms with Crippen molar-refractivity contribution in [1.29, 1.82) is 0 Å². The second-order valence-electron chi connectivity index (χ2n) is 8.16. The maximum absolute atomic E-state index is 13.5. The van der Waals surface area contributed by atoms with E-state index in [4.69, 9.17) is 0 Å². The van der Waals surface area contributed by atoms with E-state index >= 15 is 0 Å². The van der Waals surface area contributed by atoms with Crippen LogP contribution in [-0.4, -0.2) is 34.5 Å². The fourth-order valence-corrected chi connectivity index (χ4v) is 3.97. The molecule has 0 fully saturated rings. The maximum Gasteiger partial charge on any atom is 0.321 e. The van der Waals surface area contributed by atoms with Gasteiger partial charge < -0.3 is 10.4 Å². The zero-order chi connectivity index (χ0) is 23.5. The Kier molecular flexibility index (Phi) is 9.21. The zero-order valence-corrected chi connectivity index (χ0v) is 19.1. The van der Waals surface area contributed by atoms with Crippen molar-refractivity contribution in [2.24, 2.45) is 0 Å². The molecule has 0 saturated heterocycles. The minimum Gasteiger partial charge on any atom is -0.480 e. The summed E-state index contributed by atoms with van der Waals surface area (Å²) in [5.41, 5.74) is 2.65. The Morgan fingerprint density at radius 1 is 0.848 bits per heavy atom. The van der Waals surface area contributed by atoms with Crippen molar-refractivity contribution in [2.45, 2.75) is 44.8 Å². The summed E-state index contributed by atoms with van der Waals surface area (Å²) in [4.78, 5) is 27.9. The third-order valence-corrected chi connectivity index (χ3v) is 5.69. The van der Waals surface area contributed by atoms with Crippen LogP contribution >= 0.6 is 0 Å². The van der Waals surface area contributed by atoms with Crippen LogP contribution in [-0.2, 0) is 22.6 Å². The minimum absolute atomic E-state index is 0.176. The van der Waals surface area contributed by atoms with Gasteiger partial charge in [0.15, 0.2) is 0 Å². The Balaban J connectivity index is 2.04. The second-order valence-corrected chi connectivity index (χ2v) is 8.16. The molecule has 33 heavy (non-hydrogen) atoms. The highest BCUT2D eigenvalue weighted by Gasteiger charge is 2.36. The summed E-state index contributed by atoms with van der Waals surface area (Å²) in [6.07, 6.45) is 2.14. The lowest BCUT2D eigenvalue weighted by Gasteiger charge is -2.36. The monoisotopic (exact) mass is 444 g/mol. The molecule has 2 N–H and O–H groups in total. The molecule has 0 spiro atoms. The van der Waals surface area contributed by atoms with E-state index in [0.717, 1.165) is 29.5 Å². The van der Waals surface area contributed by atoms with Gasteiger partial charge in [-0.15, -0.1) is 0 Å². The number of rotatable bonds is 12. The molecule has 0 aliphatic rings. The van der Waals surface area contributed by atoms with Crippen molar-refractivity contribution in [3.05, 3.63) is 108 Å². The number of unbranched alkanes of at least 4 members (excludes halogenated alkanes) is 1. The molecule has 0 aliphatic heterocycles. The topological polar surface area (TPSA) is 69.6 Å². The normalized spacial score (nSPS) is 12.8. The van der Waals surface area contributed by atoms with Crippen LogP contribution in [0, 0.1) is 0 Å². The molecule has 5 heteroatoms. The fraction of sp³-hybridized carbons (Fsp3) is 0.286. The molecule has 1 amide bonds. The number of benzene rings is 3. The van der Waals surface area contributed by atoms with Gasteiger partial charge in [-0.2, -0.15) is 0 Å². The third kappa shape index (κ3) is 7.02. The molecular weight excluding hydrogens is 412 g/mol. The molecule has 3 aromatic rings. The Bertz CT molecular complexity index is 993. The summed E-state index contributed by atoms with van der Waals surface area (Å²) in [6.45, 7) is 2.97. The van der Waals surface area contributed by atoms with Crippen molar-refractivity contribution in [3.8, 4) is 0 Å². The van der Waals surface area contributed by atoms with Crippen LogP contribution < -0.4 is 5.32 Å². The molecule has 3 aromatic carbocycles. The van der Waals surface area contributed by atoms with Gasteiger partial charge in [-0.1, -0.05) is 104 Å². The first-order chi connectivity index (χ1) is 16.1. The zero-order valence-electron chi connectivity index (χ0n) is 19.1. The van der Waals surface area contributed by atoms with Gasteiger partial charge in [-0.3, -0.25) is 14.5 Å². The lowest BCUT2D eigenvalue weighted by molar-refractivity contribution is -0.146. The number of carbonyl (C=O) groups excluding carboxylic acids is 1. The van der Waals surface area contributed by atoms with E-state index in [-0.39, 0.29) is 5.91 Å². The van der Waals surface area contributed by atoms with E-state index in [0.29, 0.717) is 19.5 Å². The van der Waals surface area contributed by atoms with Crippen molar-refractivity contribution >= 4 is 11.9 Å². The highest BCUT2D eigenvalue weighted by molar-refractivity contribution is 5.84. The van der Waals surface area contributed by atoms with Crippen LogP contribution in [0.4, 0.5) is 0 Å². The van der Waals surface area contributed by atoms with Crippen LogP contribution in [0.5, 0.6) is 0 Å². The Labute approximate surface area is 196 Å². The largest absolute Gasteiger partial charge is 0.480 e.